The molecule has 158 valence electrons. The van der Waals surface area contributed by atoms with Crippen molar-refractivity contribution in [3.05, 3.63) is 95.1 Å². The van der Waals surface area contributed by atoms with Crippen LogP contribution in [0.25, 0.3) is 0 Å². The molecule has 0 aromatic heterocycles. The second-order valence-electron chi connectivity index (χ2n) is 7.80. The van der Waals surface area contributed by atoms with Crippen molar-refractivity contribution in [2.45, 2.75) is 30.4 Å². The molecule has 5 heteroatoms. The summed E-state index contributed by atoms with van der Waals surface area (Å²) in [5, 5.41) is 2.92. The molecule has 0 atom stereocenters. The topological polar surface area (TPSA) is 49.4 Å². The van der Waals surface area contributed by atoms with Gasteiger partial charge >= 0.3 is 0 Å². The van der Waals surface area contributed by atoms with E-state index in [9.17, 15) is 9.59 Å². The van der Waals surface area contributed by atoms with Crippen LogP contribution in [0.5, 0.6) is 0 Å². The Hall–Kier alpha value is -3.05. The Kier molecular flexibility index (Phi) is 6.73. The van der Waals surface area contributed by atoms with Gasteiger partial charge in [0.1, 0.15) is 0 Å². The van der Waals surface area contributed by atoms with Crippen LogP contribution in [0.3, 0.4) is 0 Å². The number of benzene rings is 3. The van der Waals surface area contributed by atoms with E-state index in [1.54, 1.807) is 23.9 Å². The van der Waals surface area contributed by atoms with Crippen molar-refractivity contribution in [1.29, 1.82) is 0 Å². The van der Waals surface area contributed by atoms with Crippen molar-refractivity contribution in [1.82, 2.24) is 4.90 Å². The molecule has 4 nitrogen and oxygen atoms in total. The molecule has 3 aromatic carbocycles. The highest BCUT2D eigenvalue weighted by Gasteiger charge is 2.22. The summed E-state index contributed by atoms with van der Waals surface area (Å²) in [6, 6.07) is 23.4. The van der Waals surface area contributed by atoms with Crippen molar-refractivity contribution in [2.75, 3.05) is 18.4 Å². The van der Waals surface area contributed by atoms with Gasteiger partial charge in [-0.1, -0.05) is 42.0 Å². The first-order chi connectivity index (χ1) is 15.1. The molecule has 0 unspecified atom stereocenters. The summed E-state index contributed by atoms with van der Waals surface area (Å²) in [4.78, 5) is 28.7. The summed E-state index contributed by atoms with van der Waals surface area (Å²) >= 11 is 1.77. The maximum Gasteiger partial charge on any atom is 0.255 e. The number of likely N-dealkylation sites (tertiary alicyclic amines) is 1. The summed E-state index contributed by atoms with van der Waals surface area (Å²) < 4.78 is 0. The highest BCUT2D eigenvalue weighted by atomic mass is 32.2. The molecule has 1 heterocycles. The molecule has 31 heavy (non-hydrogen) atoms. The number of nitrogens with zero attached hydrogens (tertiary/aromatic N) is 1. The monoisotopic (exact) mass is 430 g/mol. The van der Waals surface area contributed by atoms with E-state index in [1.807, 2.05) is 41.3 Å². The molecule has 3 aromatic rings. The first-order valence-corrected chi connectivity index (χ1v) is 11.6. The van der Waals surface area contributed by atoms with E-state index in [0.717, 1.165) is 37.2 Å². The SMILES string of the molecule is Cc1ccc(SCc2ccc(C(=O)Nc3ccccc3C(=O)N3CCCC3)cc2)cc1. The lowest BCUT2D eigenvalue weighted by Gasteiger charge is -2.18. The zero-order valence-corrected chi connectivity index (χ0v) is 18.5. The molecule has 1 N–H and O–H groups in total. The number of nitrogens with one attached hydrogen (secondary N) is 1. The van der Waals surface area contributed by atoms with Crippen LogP contribution in [-0.2, 0) is 5.75 Å². The van der Waals surface area contributed by atoms with Gasteiger partial charge in [0.2, 0.25) is 0 Å². The normalized spacial score (nSPS) is 13.3. The maximum absolute atomic E-state index is 12.8. The molecule has 1 aliphatic heterocycles. The van der Waals surface area contributed by atoms with Gasteiger partial charge in [0.05, 0.1) is 11.3 Å². The van der Waals surface area contributed by atoms with Crippen molar-refractivity contribution < 1.29 is 9.59 Å². The third-order valence-corrected chi connectivity index (χ3v) is 6.52. The number of para-hydroxylation sites is 1. The zero-order valence-electron chi connectivity index (χ0n) is 17.6. The Labute approximate surface area is 187 Å². The van der Waals surface area contributed by atoms with Crippen LogP contribution < -0.4 is 5.32 Å². The number of carbonyl (C=O) groups excluding carboxylic acids is 2. The van der Waals surface area contributed by atoms with Gasteiger partial charge in [0, 0.05) is 29.3 Å². The number of carbonyl (C=O) groups is 2. The quantitative estimate of drug-likeness (QED) is 0.505. The molecule has 4 rings (SSSR count). The minimum absolute atomic E-state index is 0.0168. The summed E-state index contributed by atoms with van der Waals surface area (Å²) in [7, 11) is 0. The van der Waals surface area contributed by atoms with Crippen molar-refractivity contribution in [3.8, 4) is 0 Å². The molecule has 2 amide bonds. The lowest BCUT2D eigenvalue weighted by Crippen LogP contribution is -2.28. The van der Waals surface area contributed by atoms with Crippen molar-refractivity contribution in [3.63, 3.8) is 0 Å². The molecule has 0 spiro atoms. The van der Waals surface area contributed by atoms with Crippen molar-refractivity contribution >= 4 is 29.3 Å². The van der Waals surface area contributed by atoms with E-state index in [-0.39, 0.29) is 11.8 Å². The molecule has 1 aliphatic rings. The Morgan fingerprint density at radius 2 is 1.58 bits per heavy atom. The predicted octanol–water partition coefficient (Wildman–Crippen LogP) is 5.78. The fourth-order valence-electron chi connectivity index (χ4n) is 3.62. The van der Waals surface area contributed by atoms with Gasteiger partial charge in [-0.15, -0.1) is 11.8 Å². The number of aryl methyl sites for hydroxylation is 1. The maximum atomic E-state index is 12.8. The summed E-state index contributed by atoms with van der Waals surface area (Å²) in [5.41, 5.74) is 4.09. The van der Waals surface area contributed by atoms with Gasteiger partial charge in [-0.2, -0.15) is 0 Å². The number of amides is 2. The molecule has 0 radical (unpaired) electrons. The van der Waals surface area contributed by atoms with Gasteiger partial charge in [0.15, 0.2) is 0 Å². The van der Waals surface area contributed by atoms with E-state index in [4.69, 9.17) is 0 Å². The van der Waals surface area contributed by atoms with Crippen LogP contribution >= 0.6 is 11.8 Å². The first-order valence-electron chi connectivity index (χ1n) is 10.6. The molecule has 0 bridgehead atoms. The Morgan fingerprint density at radius 1 is 0.903 bits per heavy atom. The van der Waals surface area contributed by atoms with Gasteiger partial charge in [-0.25, -0.2) is 0 Å². The third-order valence-electron chi connectivity index (χ3n) is 5.44. The average Bonchev–Trinajstić information content (AvgIpc) is 3.34. The highest BCUT2D eigenvalue weighted by Crippen LogP contribution is 2.24. The number of thioether (sulfide) groups is 1. The molecule has 0 aliphatic carbocycles. The van der Waals surface area contributed by atoms with Crippen LogP contribution in [0.2, 0.25) is 0 Å². The second kappa shape index (κ2) is 9.84. The largest absolute Gasteiger partial charge is 0.339 e. The smallest absolute Gasteiger partial charge is 0.255 e. The fraction of sp³-hybridized carbons (Fsp3) is 0.231. The molecule has 1 fully saturated rings. The molecule has 0 saturated carbocycles. The number of hydrogen-bond donors (Lipinski definition) is 1. The van der Waals surface area contributed by atoms with Crippen LogP contribution in [0.1, 0.15) is 44.7 Å². The Bertz CT molecular complexity index is 1060. The lowest BCUT2D eigenvalue weighted by atomic mass is 10.1. The third kappa shape index (κ3) is 5.36. The predicted molar refractivity (Wildman–Crippen MR) is 127 cm³/mol. The van der Waals surface area contributed by atoms with Crippen LogP contribution in [0.4, 0.5) is 5.69 Å². The minimum Gasteiger partial charge on any atom is -0.339 e. The Morgan fingerprint density at radius 3 is 2.29 bits per heavy atom. The van der Waals surface area contributed by atoms with E-state index in [0.29, 0.717) is 16.8 Å². The molecule has 1 saturated heterocycles. The van der Waals surface area contributed by atoms with Crippen LogP contribution in [0, 0.1) is 6.92 Å². The van der Waals surface area contributed by atoms with Crippen LogP contribution in [0.15, 0.2) is 77.7 Å². The molecular weight excluding hydrogens is 404 g/mol. The summed E-state index contributed by atoms with van der Waals surface area (Å²) in [5.74, 6) is 0.620. The van der Waals surface area contributed by atoms with E-state index < -0.39 is 0 Å². The Balaban J connectivity index is 1.40. The van der Waals surface area contributed by atoms with Crippen LogP contribution in [-0.4, -0.2) is 29.8 Å². The first kappa shape index (κ1) is 21.2. The number of anilines is 1. The second-order valence-corrected chi connectivity index (χ2v) is 8.85. The standard InChI is InChI=1S/C26H26N2O2S/c1-19-8-14-22(15-9-19)31-18-20-10-12-21(13-11-20)25(29)27-24-7-3-2-6-23(24)26(30)28-16-4-5-17-28/h2-3,6-15H,4-5,16-18H2,1H3,(H,27,29). The molecular formula is C26H26N2O2S. The number of hydrogen-bond acceptors (Lipinski definition) is 3. The minimum atomic E-state index is -0.209. The summed E-state index contributed by atoms with van der Waals surface area (Å²) in [6.45, 7) is 3.64. The van der Waals surface area contributed by atoms with Gasteiger partial charge in [-0.05, 0) is 61.7 Å². The van der Waals surface area contributed by atoms with E-state index in [1.165, 1.54) is 10.5 Å². The van der Waals surface area contributed by atoms with Gasteiger partial charge in [0.25, 0.3) is 11.8 Å². The lowest BCUT2D eigenvalue weighted by molar-refractivity contribution is 0.0794. The van der Waals surface area contributed by atoms with Gasteiger partial charge in [-0.3, -0.25) is 9.59 Å². The zero-order chi connectivity index (χ0) is 21.6. The van der Waals surface area contributed by atoms with E-state index in [2.05, 4.69) is 36.5 Å². The highest BCUT2D eigenvalue weighted by molar-refractivity contribution is 7.98. The van der Waals surface area contributed by atoms with Crippen molar-refractivity contribution in [2.24, 2.45) is 0 Å². The van der Waals surface area contributed by atoms with Gasteiger partial charge < -0.3 is 10.2 Å². The number of rotatable bonds is 6. The fourth-order valence-corrected chi connectivity index (χ4v) is 4.47. The summed E-state index contributed by atoms with van der Waals surface area (Å²) in [6.07, 6.45) is 2.07. The average molecular weight is 431 g/mol. The van der Waals surface area contributed by atoms with E-state index >= 15 is 0 Å².